The zero-order valence-electron chi connectivity index (χ0n) is 15.1. The van der Waals surface area contributed by atoms with Crippen molar-refractivity contribution >= 4 is 44.2 Å². The number of amides is 2. The van der Waals surface area contributed by atoms with Crippen LogP contribution in [0.3, 0.4) is 0 Å². The highest BCUT2D eigenvalue weighted by atomic mass is 79.9. The van der Waals surface area contributed by atoms with Gasteiger partial charge < -0.3 is 0 Å². The van der Waals surface area contributed by atoms with E-state index in [-0.39, 0.29) is 31.6 Å². The van der Waals surface area contributed by atoms with Crippen LogP contribution in [0.2, 0.25) is 0 Å². The van der Waals surface area contributed by atoms with Crippen LogP contribution in [0.25, 0.3) is 10.6 Å². The molecule has 1 aromatic heterocycles. The first kappa shape index (κ1) is 21.0. The van der Waals surface area contributed by atoms with E-state index in [1.54, 1.807) is 0 Å². The first-order valence-electron chi connectivity index (χ1n) is 8.02. The molecule has 0 fully saturated rings. The van der Waals surface area contributed by atoms with E-state index >= 15 is 0 Å². The maximum atomic E-state index is 14.1. The fourth-order valence-corrected chi connectivity index (χ4v) is 3.51. The molecule has 0 saturated carbocycles. The number of rotatable bonds is 5. The lowest BCUT2D eigenvalue weighted by molar-refractivity contribution is -0.0756. The van der Waals surface area contributed by atoms with Gasteiger partial charge in [0.25, 0.3) is 11.8 Å². The lowest BCUT2D eigenvalue weighted by atomic mass is 10.1. The zero-order valence-corrected chi connectivity index (χ0v) is 17.5. The topological polar surface area (TPSA) is 84.4 Å². The van der Waals surface area contributed by atoms with Crippen molar-refractivity contribution in [1.82, 2.24) is 15.3 Å². The third-order valence-electron chi connectivity index (χ3n) is 3.82. The standard InChI is InChI=1S/C18H13BrF2N4O3S/c1-25(28-2)17(27)10-5-3-9(4-6-10)15(26)22-18-24-23-16(29-18)14-12(20)7-11(19)8-13(14)21/h3-8H,1-2H3,(H,22,24,26). The molecule has 3 rings (SSSR count). The quantitative estimate of drug-likeness (QED) is 0.552. The number of hydroxylamine groups is 2. The van der Waals surface area contributed by atoms with Crippen molar-refractivity contribution < 1.29 is 23.2 Å². The Labute approximate surface area is 176 Å². The summed E-state index contributed by atoms with van der Waals surface area (Å²) in [7, 11) is 2.83. The van der Waals surface area contributed by atoms with Crippen LogP contribution in [0.4, 0.5) is 13.9 Å². The molecule has 150 valence electrons. The highest BCUT2D eigenvalue weighted by Crippen LogP contribution is 2.32. The molecule has 0 aliphatic rings. The average molecular weight is 483 g/mol. The second kappa shape index (κ2) is 8.72. The Morgan fingerprint density at radius 1 is 1.10 bits per heavy atom. The molecule has 0 unspecified atom stereocenters. The maximum Gasteiger partial charge on any atom is 0.277 e. The van der Waals surface area contributed by atoms with E-state index in [4.69, 9.17) is 4.84 Å². The van der Waals surface area contributed by atoms with Gasteiger partial charge in [0.1, 0.15) is 11.6 Å². The van der Waals surface area contributed by atoms with Crippen LogP contribution in [-0.4, -0.2) is 41.2 Å². The van der Waals surface area contributed by atoms with E-state index in [0.717, 1.165) is 28.5 Å². The van der Waals surface area contributed by atoms with Crippen molar-refractivity contribution in [3.8, 4) is 10.6 Å². The predicted molar refractivity (Wildman–Crippen MR) is 106 cm³/mol. The van der Waals surface area contributed by atoms with Gasteiger partial charge in [-0.2, -0.15) is 0 Å². The summed E-state index contributed by atoms with van der Waals surface area (Å²) >= 11 is 3.84. The molecule has 2 aromatic carbocycles. The number of aromatic nitrogens is 2. The minimum absolute atomic E-state index is 0.00801. The zero-order chi connectivity index (χ0) is 21.1. The van der Waals surface area contributed by atoms with Crippen molar-refractivity contribution in [1.29, 1.82) is 0 Å². The van der Waals surface area contributed by atoms with Crippen molar-refractivity contribution in [2.24, 2.45) is 0 Å². The van der Waals surface area contributed by atoms with Crippen LogP contribution in [0.1, 0.15) is 20.7 Å². The number of nitrogens with one attached hydrogen (secondary N) is 1. The van der Waals surface area contributed by atoms with Gasteiger partial charge in [-0.3, -0.25) is 19.7 Å². The van der Waals surface area contributed by atoms with Crippen LogP contribution in [-0.2, 0) is 4.84 Å². The Morgan fingerprint density at radius 3 is 2.28 bits per heavy atom. The van der Waals surface area contributed by atoms with Gasteiger partial charge in [-0.25, -0.2) is 13.8 Å². The van der Waals surface area contributed by atoms with Crippen molar-refractivity contribution in [2.45, 2.75) is 0 Å². The van der Waals surface area contributed by atoms with Gasteiger partial charge in [0.15, 0.2) is 5.01 Å². The molecule has 3 aromatic rings. The van der Waals surface area contributed by atoms with Crippen molar-refractivity contribution in [2.75, 3.05) is 19.5 Å². The molecule has 29 heavy (non-hydrogen) atoms. The second-order valence-corrected chi connectivity index (χ2v) is 7.57. The van der Waals surface area contributed by atoms with Gasteiger partial charge >= 0.3 is 0 Å². The first-order valence-corrected chi connectivity index (χ1v) is 9.63. The highest BCUT2D eigenvalue weighted by Gasteiger charge is 2.19. The molecule has 7 nitrogen and oxygen atoms in total. The summed E-state index contributed by atoms with van der Waals surface area (Å²) in [6.45, 7) is 0. The highest BCUT2D eigenvalue weighted by molar-refractivity contribution is 9.10. The summed E-state index contributed by atoms with van der Waals surface area (Å²) in [6.07, 6.45) is 0. The van der Waals surface area contributed by atoms with E-state index < -0.39 is 17.5 Å². The Bertz CT molecular complexity index is 1050. The minimum Gasteiger partial charge on any atom is -0.296 e. The summed E-state index contributed by atoms with van der Waals surface area (Å²) in [5.74, 6) is -2.48. The molecule has 0 bridgehead atoms. The van der Waals surface area contributed by atoms with Gasteiger partial charge in [0.2, 0.25) is 5.13 Å². The first-order chi connectivity index (χ1) is 13.8. The van der Waals surface area contributed by atoms with E-state index in [1.165, 1.54) is 38.4 Å². The third kappa shape index (κ3) is 4.63. The van der Waals surface area contributed by atoms with Gasteiger partial charge in [-0.05, 0) is 36.4 Å². The normalized spacial score (nSPS) is 10.7. The van der Waals surface area contributed by atoms with Crippen LogP contribution >= 0.6 is 27.3 Å². The summed E-state index contributed by atoms with van der Waals surface area (Å²) in [6, 6.07) is 8.10. The Balaban J connectivity index is 1.75. The number of anilines is 1. The van der Waals surface area contributed by atoms with E-state index in [1.807, 2.05) is 0 Å². The van der Waals surface area contributed by atoms with E-state index in [9.17, 15) is 18.4 Å². The van der Waals surface area contributed by atoms with E-state index in [2.05, 4.69) is 31.4 Å². The SMILES string of the molecule is CON(C)C(=O)c1ccc(C(=O)Nc2nnc(-c3c(F)cc(Br)cc3F)s2)cc1. The lowest BCUT2D eigenvalue weighted by Crippen LogP contribution is -2.25. The fraction of sp³-hybridized carbons (Fsp3) is 0.111. The number of hydrogen-bond donors (Lipinski definition) is 1. The lowest BCUT2D eigenvalue weighted by Gasteiger charge is -2.13. The van der Waals surface area contributed by atoms with Crippen LogP contribution < -0.4 is 5.32 Å². The molecule has 0 spiro atoms. The van der Waals surface area contributed by atoms with Crippen LogP contribution in [0.5, 0.6) is 0 Å². The molecule has 2 amide bonds. The molecule has 0 atom stereocenters. The fourth-order valence-electron chi connectivity index (χ4n) is 2.32. The molecular weight excluding hydrogens is 470 g/mol. The summed E-state index contributed by atoms with van der Waals surface area (Å²) < 4.78 is 28.4. The number of carbonyl (C=O) groups is 2. The summed E-state index contributed by atoms with van der Waals surface area (Å²) in [5.41, 5.74) is 0.279. The number of nitrogens with zero attached hydrogens (tertiary/aromatic N) is 3. The number of benzene rings is 2. The Kier molecular flexibility index (Phi) is 6.30. The van der Waals surface area contributed by atoms with Crippen molar-refractivity contribution in [3.63, 3.8) is 0 Å². The van der Waals surface area contributed by atoms with Gasteiger partial charge in [0, 0.05) is 22.6 Å². The molecule has 0 aliphatic carbocycles. The van der Waals surface area contributed by atoms with Crippen LogP contribution in [0.15, 0.2) is 40.9 Å². The monoisotopic (exact) mass is 482 g/mol. The average Bonchev–Trinajstić information content (AvgIpc) is 3.13. The smallest absolute Gasteiger partial charge is 0.277 e. The summed E-state index contributed by atoms with van der Waals surface area (Å²) in [5, 5.41) is 11.1. The maximum absolute atomic E-state index is 14.1. The van der Waals surface area contributed by atoms with Gasteiger partial charge in [0.05, 0.1) is 12.7 Å². The molecular formula is C18H13BrF2N4O3S. The molecule has 0 aliphatic heterocycles. The number of carbonyl (C=O) groups excluding carboxylic acids is 2. The molecule has 0 saturated heterocycles. The van der Waals surface area contributed by atoms with Crippen molar-refractivity contribution in [3.05, 3.63) is 63.6 Å². The Hall–Kier alpha value is -2.76. The number of halogens is 3. The molecule has 1 heterocycles. The van der Waals surface area contributed by atoms with E-state index in [0.29, 0.717) is 5.56 Å². The molecule has 0 radical (unpaired) electrons. The predicted octanol–water partition coefficient (Wildman–Crippen LogP) is 4.13. The second-order valence-electron chi connectivity index (χ2n) is 5.67. The summed E-state index contributed by atoms with van der Waals surface area (Å²) in [4.78, 5) is 29.2. The molecule has 1 N–H and O–H groups in total. The van der Waals surface area contributed by atoms with Crippen LogP contribution in [0, 0.1) is 11.6 Å². The van der Waals surface area contributed by atoms with Gasteiger partial charge in [-0.15, -0.1) is 10.2 Å². The van der Waals surface area contributed by atoms with Gasteiger partial charge in [-0.1, -0.05) is 27.3 Å². The minimum atomic E-state index is -0.799. The number of hydrogen-bond acceptors (Lipinski definition) is 6. The molecule has 11 heteroatoms. The third-order valence-corrected chi connectivity index (χ3v) is 5.13. The Morgan fingerprint density at radius 2 is 1.69 bits per heavy atom. The largest absolute Gasteiger partial charge is 0.296 e.